The first-order chi connectivity index (χ1) is 15.9. The van der Waals surface area contributed by atoms with Crippen molar-refractivity contribution in [2.24, 2.45) is 40.4 Å². The van der Waals surface area contributed by atoms with Crippen molar-refractivity contribution in [1.82, 2.24) is 0 Å². The molecule has 1 heterocycles. The van der Waals surface area contributed by atoms with Gasteiger partial charge in [0.05, 0.1) is 11.7 Å². The van der Waals surface area contributed by atoms with Crippen LogP contribution in [0.2, 0.25) is 0 Å². The molecule has 0 aromatic heterocycles. The highest BCUT2D eigenvalue weighted by molar-refractivity contribution is 5.66. The van der Waals surface area contributed by atoms with E-state index in [1.807, 2.05) is 0 Å². The van der Waals surface area contributed by atoms with Gasteiger partial charge in [-0.15, -0.1) is 0 Å². The molecule has 5 aliphatic rings. The summed E-state index contributed by atoms with van der Waals surface area (Å²) in [6.07, 6.45) is 13.7. The lowest BCUT2D eigenvalue weighted by molar-refractivity contribution is -0.183. The first-order valence-electron chi connectivity index (χ1n) is 13.8. The van der Waals surface area contributed by atoms with Crippen LogP contribution in [0.1, 0.15) is 93.4 Å². The highest BCUT2D eigenvalue weighted by Crippen LogP contribution is 2.76. The summed E-state index contributed by atoms with van der Waals surface area (Å²) in [4.78, 5) is 11.6. The number of esters is 1. The first-order valence-corrected chi connectivity index (χ1v) is 13.8. The SMILES string of the molecule is CC(=O)O[C@@H]1CC[C@]2(C)[C@@](O)(CC=C3[C@@H]4CC[C@@H]([C@H](C)/C=C/[C@H](C)C(C)C)[C@@]4(C)C[C@H]4O[C@@]342)C1. The van der Waals surface area contributed by atoms with Gasteiger partial charge in [0.2, 0.25) is 0 Å². The minimum absolute atomic E-state index is 0.190. The molecule has 3 saturated carbocycles. The zero-order chi connectivity index (χ0) is 24.7. The maximum atomic E-state index is 12.0. The fourth-order valence-corrected chi connectivity index (χ4v) is 8.87. The first kappa shape index (κ1) is 24.6. The molecule has 4 heteroatoms. The zero-order valence-electron chi connectivity index (χ0n) is 22.4. The lowest BCUT2D eigenvalue weighted by atomic mass is 9.46. The third kappa shape index (κ3) is 3.26. The maximum absolute atomic E-state index is 12.0. The van der Waals surface area contributed by atoms with E-state index in [2.05, 4.69) is 59.8 Å². The van der Waals surface area contributed by atoms with E-state index < -0.39 is 5.60 Å². The van der Waals surface area contributed by atoms with E-state index in [1.54, 1.807) is 0 Å². The van der Waals surface area contributed by atoms with E-state index in [-0.39, 0.29) is 34.6 Å². The van der Waals surface area contributed by atoms with Crippen molar-refractivity contribution >= 4 is 5.97 Å². The number of hydrogen-bond donors (Lipinski definition) is 1. The van der Waals surface area contributed by atoms with Crippen molar-refractivity contribution in [3.05, 3.63) is 23.8 Å². The molecule has 4 aliphatic carbocycles. The van der Waals surface area contributed by atoms with Crippen molar-refractivity contribution < 1.29 is 19.4 Å². The molecule has 0 radical (unpaired) electrons. The summed E-state index contributed by atoms with van der Waals surface area (Å²) in [6.45, 7) is 15.6. The van der Waals surface area contributed by atoms with Gasteiger partial charge in [0, 0.05) is 18.8 Å². The van der Waals surface area contributed by atoms with Gasteiger partial charge in [0.1, 0.15) is 11.7 Å². The van der Waals surface area contributed by atoms with Gasteiger partial charge in [0.15, 0.2) is 0 Å². The summed E-state index contributed by atoms with van der Waals surface area (Å²) in [5.74, 6) is 2.82. The van der Waals surface area contributed by atoms with Crippen LogP contribution in [0.4, 0.5) is 0 Å². The van der Waals surface area contributed by atoms with E-state index in [1.165, 1.54) is 25.3 Å². The fraction of sp³-hybridized carbons (Fsp3) is 0.833. The topological polar surface area (TPSA) is 59.1 Å². The molecule has 0 amide bonds. The summed E-state index contributed by atoms with van der Waals surface area (Å²) in [5.41, 5.74) is 0.244. The normalized spacial score (nSPS) is 48.9. The molecular formula is C30H46O4. The van der Waals surface area contributed by atoms with Crippen LogP contribution >= 0.6 is 0 Å². The molecule has 1 aliphatic heterocycles. The molecule has 0 aromatic carbocycles. The Kier molecular flexibility index (Phi) is 5.73. The molecule has 10 atom stereocenters. The standard InChI is InChI=1S/C30H46O4/c1-18(2)19(3)8-9-20(4)23-10-11-24-25-13-15-29(32)16-22(33-21(5)31)12-14-28(29,7)30(25)26(34-30)17-27(23,24)6/h8-9,13,18-20,22-24,26,32H,10-12,14-17H2,1-7H3/b9-8+/t19-,20+,22+,23-,24-,26+,27+,28+,29+,30-/m0/s1. The van der Waals surface area contributed by atoms with Crippen LogP contribution in [0.5, 0.6) is 0 Å². The second kappa shape index (κ2) is 7.93. The number of carbonyl (C=O) groups is 1. The number of ether oxygens (including phenoxy) is 2. The molecule has 1 saturated heterocycles. The summed E-state index contributed by atoms with van der Waals surface area (Å²) in [6, 6.07) is 0. The van der Waals surface area contributed by atoms with Gasteiger partial charge >= 0.3 is 5.97 Å². The van der Waals surface area contributed by atoms with Gasteiger partial charge in [-0.05, 0) is 79.1 Å². The summed E-state index contributed by atoms with van der Waals surface area (Å²) in [5, 5.41) is 12.0. The third-order valence-electron chi connectivity index (χ3n) is 11.3. The van der Waals surface area contributed by atoms with Crippen molar-refractivity contribution in [1.29, 1.82) is 0 Å². The molecule has 0 bridgehead atoms. The lowest BCUT2D eigenvalue weighted by Gasteiger charge is -2.59. The van der Waals surface area contributed by atoms with Crippen molar-refractivity contribution in [2.45, 2.75) is 117 Å². The van der Waals surface area contributed by atoms with Crippen LogP contribution in [0, 0.1) is 40.4 Å². The molecule has 0 unspecified atom stereocenters. The smallest absolute Gasteiger partial charge is 0.302 e. The van der Waals surface area contributed by atoms with Crippen LogP contribution in [-0.4, -0.2) is 34.5 Å². The second-order valence-electron chi connectivity index (χ2n) is 13.3. The van der Waals surface area contributed by atoms with Gasteiger partial charge in [-0.25, -0.2) is 0 Å². The molecule has 1 N–H and O–H groups in total. The Morgan fingerprint density at radius 3 is 2.56 bits per heavy atom. The van der Waals surface area contributed by atoms with Crippen molar-refractivity contribution in [3.63, 3.8) is 0 Å². The van der Waals surface area contributed by atoms with E-state index in [9.17, 15) is 9.90 Å². The lowest BCUT2D eigenvalue weighted by Crippen LogP contribution is -2.64. The monoisotopic (exact) mass is 470 g/mol. The van der Waals surface area contributed by atoms with Crippen molar-refractivity contribution in [2.75, 3.05) is 0 Å². The van der Waals surface area contributed by atoms with Gasteiger partial charge in [0.25, 0.3) is 0 Å². The average molecular weight is 471 g/mol. The molecule has 0 aromatic rings. The van der Waals surface area contributed by atoms with E-state index in [0.29, 0.717) is 42.4 Å². The summed E-state index contributed by atoms with van der Waals surface area (Å²) in [7, 11) is 0. The number of rotatable bonds is 5. The highest BCUT2D eigenvalue weighted by Gasteiger charge is 2.80. The number of epoxide rings is 1. The minimum Gasteiger partial charge on any atom is -0.462 e. The van der Waals surface area contributed by atoms with E-state index >= 15 is 0 Å². The Morgan fingerprint density at radius 2 is 1.88 bits per heavy atom. The number of allylic oxidation sites excluding steroid dienone is 2. The molecule has 4 fully saturated rings. The summed E-state index contributed by atoms with van der Waals surface area (Å²) >= 11 is 0. The van der Waals surface area contributed by atoms with E-state index in [4.69, 9.17) is 9.47 Å². The minimum atomic E-state index is -0.877. The Bertz CT molecular complexity index is 905. The zero-order valence-corrected chi connectivity index (χ0v) is 22.4. The van der Waals surface area contributed by atoms with Gasteiger partial charge < -0.3 is 14.6 Å². The predicted molar refractivity (Wildman–Crippen MR) is 134 cm³/mol. The largest absolute Gasteiger partial charge is 0.462 e. The predicted octanol–water partition coefficient (Wildman–Crippen LogP) is 6.23. The van der Waals surface area contributed by atoms with Crippen LogP contribution in [-0.2, 0) is 14.3 Å². The number of fused-ring (bicyclic) bond motifs is 3. The Hall–Kier alpha value is -1.13. The van der Waals surface area contributed by atoms with Crippen LogP contribution < -0.4 is 0 Å². The van der Waals surface area contributed by atoms with Crippen molar-refractivity contribution in [3.8, 4) is 0 Å². The number of hydrogen-bond acceptors (Lipinski definition) is 4. The maximum Gasteiger partial charge on any atom is 0.302 e. The highest BCUT2D eigenvalue weighted by atomic mass is 16.6. The molecule has 1 spiro atoms. The molecule has 190 valence electrons. The number of carbonyl (C=O) groups excluding carboxylic acids is 1. The molecule has 34 heavy (non-hydrogen) atoms. The Labute approximate surface area is 206 Å². The van der Waals surface area contributed by atoms with Gasteiger partial charge in [-0.1, -0.05) is 59.8 Å². The number of aliphatic hydroxyl groups is 1. The molecule has 4 nitrogen and oxygen atoms in total. The Balaban J connectivity index is 1.41. The average Bonchev–Trinajstić information content (AvgIpc) is 3.36. The third-order valence-corrected chi connectivity index (χ3v) is 11.3. The second-order valence-corrected chi connectivity index (χ2v) is 13.3. The Morgan fingerprint density at radius 1 is 1.15 bits per heavy atom. The summed E-state index contributed by atoms with van der Waals surface area (Å²) < 4.78 is 12.3. The molecule has 5 rings (SSSR count). The van der Waals surface area contributed by atoms with Crippen LogP contribution in [0.3, 0.4) is 0 Å². The quantitative estimate of drug-likeness (QED) is 0.294. The van der Waals surface area contributed by atoms with Gasteiger partial charge in [-0.3, -0.25) is 4.79 Å². The van der Waals surface area contributed by atoms with E-state index in [0.717, 1.165) is 19.3 Å². The van der Waals surface area contributed by atoms with Crippen LogP contribution in [0.15, 0.2) is 23.8 Å². The fourth-order valence-electron chi connectivity index (χ4n) is 8.87. The van der Waals surface area contributed by atoms with Gasteiger partial charge in [-0.2, -0.15) is 0 Å². The van der Waals surface area contributed by atoms with Crippen LogP contribution in [0.25, 0.3) is 0 Å². The molecular weight excluding hydrogens is 424 g/mol.